The predicted octanol–water partition coefficient (Wildman–Crippen LogP) is 5.15. The van der Waals surface area contributed by atoms with Crippen LogP contribution in [-0.2, 0) is 5.41 Å². The Morgan fingerprint density at radius 1 is 0.591 bits per heavy atom. The largest absolute Gasteiger partial charge is 0.457 e. The SMILES string of the molecule is C1=CC2(c3ccccc31)c1ccccc1Oc1ccccc12. The first-order chi connectivity index (χ1) is 10.9. The average molecular weight is 282 g/mol. The van der Waals surface area contributed by atoms with Crippen molar-refractivity contribution in [3.8, 4) is 11.5 Å². The number of para-hydroxylation sites is 2. The van der Waals surface area contributed by atoms with Crippen LogP contribution in [0.2, 0.25) is 0 Å². The molecule has 0 fully saturated rings. The van der Waals surface area contributed by atoms with E-state index in [1.165, 1.54) is 22.3 Å². The van der Waals surface area contributed by atoms with Gasteiger partial charge in [-0.15, -0.1) is 0 Å². The molecule has 22 heavy (non-hydrogen) atoms. The molecule has 0 bridgehead atoms. The molecule has 1 spiro atoms. The van der Waals surface area contributed by atoms with Gasteiger partial charge in [-0.25, -0.2) is 0 Å². The molecule has 1 aliphatic carbocycles. The minimum Gasteiger partial charge on any atom is -0.457 e. The summed E-state index contributed by atoms with van der Waals surface area (Å²) in [5.41, 5.74) is 4.82. The number of fused-ring (bicyclic) bond motifs is 6. The van der Waals surface area contributed by atoms with Gasteiger partial charge in [-0.05, 0) is 23.3 Å². The Bertz CT molecular complexity index is 875. The van der Waals surface area contributed by atoms with Crippen molar-refractivity contribution in [3.63, 3.8) is 0 Å². The van der Waals surface area contributed by atoms with Gasteiger partial charge in [0, 0.05) is 11.1 Å². The van der Waals surface area contributed by atoms with Crippen LogP contribution in [0.3, 0.4) is 0 Å². The average Bonchev–Trinajstić information content (AvgIpc) is 2.96. The standard InChI is InChI=1S/C21H14O/c1-2-8-16-15(7-1)13-14-21(16)17-9-3-5-11-19(17)22-20-12-6-4-10-18(20)21/h1-14H. The van der Waals surface area contributed by atoms with Gasteiger partial charge in [0.15, 0.2) is 0 Å². The quantitative estimate of drug-likeness (QED) is 0.554. The van der Waals surface area contributed by atoms with E-state index in [0.717, 1.165) is 11.5 Å². The maximum Gasteiger partial charge on any atom is 0.132 e. The van der Waals surface area contributed by atoms with Gasteiger partial charge in [-0.1, -0.05) is 72.8 Å². The Hall–Kier alpha value is -2.80. The molecule has 1 nitrogen and oxygen atoms in total. The maximum absolute atomic E-state index is 6.15. The molecule has 0 aromatic heterocycles. The third-order valence-electron chi connectivity index (χ3n) is 4.74. The first-order valence-electron chi connectivity index (χ1n) is 7.55. The first-order valence-corrected chi connectivity index (χ1v) is 7.55. The molecule has 0 amide bonds. The number of benzene rings is 3. The Balaban J connectivity index is 1.93. The molecule has 104 valence electrons. The predicted molar refractivity (Wildman–Crippen MR) is 88.3 cm³/mol. The van der Waals surface area contributed by atoms with E-state index in [2.05, 4.69) is 72.8 Å². The van der Waals surface area contributed by atoms with Crippen molar-refractivity contribution in [2.75, 3.05) is 0 Å². The minimum absolute atomic E-state index is 0.234. The molecule has 3 aromatic rings. The smallest absolute Gasteiger partial charge is 0.132 e. The lowest BCUT2D eigenvalue weighted by atomic mass is 9.69. The molecular weight excluding hydrogens is 268 g/mol. The summed E-state index contributed by atoms with van der Waals surface area (Å²) in [4.78, 5) is 0. The topological polar surface area (TPSA) is 9.23 Å². The second-order valence-electron chi connectivity index (χ2n) is 5.82. The molecule has 1 heteroatoms. The summed E-state index contributed by atoms with van der Waals surface area (Å²) >= 11 is 0. The van der Waals surface area contributed by atoms with Crippen LogP contribution >= 0.6 is 0 Å². The van der Waals surface area contributed by atoms with Gasteiger partial charge in [-0.3, -0.25) is 0 Å². The van der Waals surface area contributed by atoms with E-state index in [-0.39, 0.29) is 5.41 Å². The van der Waals surface area contributed by atoms with Crippen molar-refractivity contribution in [1.82, 2.24) is 0 Å². The fraction of sp³-hybridized carbons (Fsp3) is 0.0476. The number of hydrogen-bond donors (Lipinski definition) is 0. The van der Waals surface area contributed by atoms with Crippen LogP contribution in [0.25, 0.3) is 6.08 Å². The number of allylic oxidation sites excluding steroid dienone is 1. The Kier molecular flexibility index (Phi) is 2.21. The van der Waals surface area contributed by atoms with Crippen LogP contribution in [0.5, 0.6) is 11.5 Å². The fourth-order valence-corrected chi connectivity index (χ4v) is 3.80. The van der Waals surface area contributed by atoms with E-state index in [4.69, 9.17) is 4.74 Å². The van der Waals surface area contributed by atoms with Gasteiger partial charge in [0.1, 0.15) is 11.5 Å². The normalized spacial score (nSPS) is 15.8. The lowest BCUT2D eigenvalue weighted by Gasteiger charge is -2.37. The number of ether oxygens (including phenoxy) is 1. The molecule has 1 aliphatic heterocycles. The van der Waals surface area contributed by atoms with Crippen molar-refractivity contribution in [2.45, 2.75) is 5.41 Å². The third-order valence-corrected chi connectivity index (χ3v) is 4.74. The highest BCUT2D eigenvalue weighted by Crippen LogP contribution is 2.55. The summed E-state index contributed by atoms with van der Waals surface area (Å²) in [5, 5.41) is 0. The molecule has 0 atom stereocenters. The van der Waals surface area contributed by atoms with E-state index in [1.54, 1.807) is 0 Å². The van der Waals surface area contributed by atoms with Gasteiger partial charge < -0.3 is 4.74 Å². The molecular formula is C21H14O. The summed E-state index contributed by atoms with van der Waals surface area (Å²) in [5.74, 6) is 1.89. The summed E-state index contributed by atoms with van der Waals surface area (Å²) in [6.07, 6.45) is 4.55. The monoisotopic (exact) mass is 282 g/mol. The maximum atomic E-state index is 6.15. The summed E-state index contributed by atoms with van der Waals surface area (Å²) < 4.78 is 6.15. The molecule has 3 aromatic carbocycles. The lowest BCUT2D eigenvalue weighted by molar-refractivity contribution is 0.438. The van der Waals surface area contributed by atoms with E-state index in [0.29, 0.717) is 0 Å². The first kappa shape index (κ1) is 11.8. The van der Waals surface area contributed by atoms with Crippen LogP contribution in [0.1, 0.15) is 22.3 Å². The van der Waals surface area contributed by atoms with Crippen LogP contribution in [0.15, 0.2) is 78.9 Å². The molecule has 0 radical (unpaired) electrons. The number of rotatable bonds is 0. The molecule has 0 saturated heterocycles. The van der Waals surface area contributed by atoms with Gasteiger partial charge in [0.2, 0.25) is 0 Å². The lowest BCUT2D eigenvalue weighted by Crippen LogP contribution is -2.29. The zero-order valence-electron chi connectivity index (χ0n) is 12.0. The highest BCUT2D eigenvalue weighted by atomic mass is 16.5. The Labute approximate surface area is 129 Å². The molecule has 0 unspecified atom stereocenters. The Morgan fingerprint density at radius 2 is 1.14 bits per heavy atom. The second kappa shape index (κ2) is 4.11. The fourth-order valence-electron chi connectivity index (χ4n) is 3.80. The van der Waals surface area contributed by atoms with E-state index in [9.17, 15) is 0 Å². The van der Waals surface area contributed by atoms with E-state index < -0.39 is 0 Å². The van der Waals surface area contributed by atoms with Crippen molar-refractivity contribution in [2.24, 2.45) is 0 Å². The highest BCUT2D eigenvalue weighted by Gasteiger charge is 2.44. The summed E-state index contributed by atoms with van der Waals surface area (Å²) in [6.45, 7) is 0. The number of hydrogen-bond acceptors (Lipinski definition) is 1. The zero-order chi connectivity index (χ0) is 14.6. The second-order valence-corrected chi connectivity index (χ2v) is 5.82. The summed E-state index contributed by atoms with van der Waals surface area (Å²) in [6, 6.07) is 25.3. The van der Waals surface area contributed by atoms with Gasteiger partial charge in [0.25, 0.3) is 0 Å². The van der Waals surface area contributed by atoms with Crippen LogP contribution in [-0.4, -0.2) is 0 Å². The van der Waals surface area contributed by atoms with Gasteiger partial charge >= 0.3 is 0 Å². The van der Waals surface area contributed by atoms with Gasteiger partial charge in [-0.2, -0.15) is 0 Å². The zero-order valence-corrected chi connectivity index (χ0v) is 12.0. The van der Waals surface area contributed by atoms with Crippen molar-refractivity contribution in [1.29, 1.82) is 0 Å². The van der Waals surface area contributed by atoms with Crippen molar-refractivity contribution in [3.05, 3.63) is 101 Å². The molecule has 5 rings (SSSR count). The van der Waals surface area contributed by atoms with Crippen LogP contribution in [0.4, 0.5) is 0 Å². The minimum atomic E-state index is -0.234. The van der Waals surface area contributed by atoms with Crippen molar-refractivity contribution >= 4 is 6.08 Å². The molecule has 0 N–H and O–H groups in total. The van der Waals surface area contributed by atoms with Crippen LogP contribution < -0.4 is 4.74 Å². The molecule has 1 heterocycles. The Morgan fingerprint density at radius 3 is 1.82 bits per heavy atom. The van der Waals surface area contributed by atoms with E-state index in [1.807, 2.05) is 12.1 Å². The van der Waals surface area contributed by atoms with Crippen LogP contribution in [0, 0.1) is 0 Å². The summed E-state index contributed by atoms with van der Waals surface area (Å²) in [7, 11) is 0. The van der Waals surface area contributed by atoms with Gasteiger partial charge in [0.05, 0.1) is 5.41 Å². The van der Waals surface area contributed by atoms with Crippen molar-refractivity contribution < 1.29 is 4.74 Å². The van der Waals surface area contributed by atoms with E-state index >= 15 is 0 Å². The third kappa shape index (κ3) is 1.33. The highest BCUT2D eigenvalue weighted by molar-refractivity contribution is 5.77. The molecule has 2 aliphatic rings. The molecule has 0 saturated carbocycles.